The van der Waals surface area contributed by atoms with Crippen molar-refractivity contribution in [2.75, 3.05) is 6.54 Å². The molecule has 0 aliphatic carbocycles. The molecule has 0 saturated carbocycles. The maximum absolute atomic E-state index is 12.2. The van der Waals surface area contributed by atoms with E-state index in [1.165, 1.54) is 23.2 Å². The zero-order chi connectivity index (χ0) is 18.2. The summed E-state index contributed by atoms with van der Waals surface area (Å²) in [6.45, 7) is -0.0795. The van der Waals surface area contributed by atoms with E-state index in [4.69, 9.17) is 11.5 Å². The van der Waals surface area contributed by atoms with Crippen molar-refractivity contribution in [2.45, 2.75) is 18.1 Å². The topological polar surface area (TPSA) is 145 Å². The van der Waals surface area contributed by atoms with Crippen molar-refractivity contribution >= 4 is 11.9 Å². The Kier molecular flexibility index (Phi) is 4.01. The number of aliphatic hydroxyl groups is 1. The number of hydrogen-bond donors (Lipinski definition) is 3. The maximum Gasteiger partial charge on any atom is 0.316 e. The lowest BCUT2D eigenvalue weighted by Gasteiger charge is -2.34. The van der Waals surface area contributed by atoms with E-state index in [0.29, 0.717) is 11.3 Å². The summed E-state index contributed by atoms with van der Waals surface area (Å²) in [7, 11) is 0. The minimum Gasteiger partial charge on any atom is -0.391 e. The number of aromatic nitrogens is 2. The van der Waals surface area contributed by atoms with Crippen LogP contribution in [0.4, 0.5) is 4.79 Å². The lowest BCUT2D eigenvalue weighted by molar-refractivity contribution is -0.127. The first-order valence-corrected chi connectivity index (χ1v) is 7.55. The van der Waals surface area contributed by atoms with E-state index in [1.807, 2.05) is 0 Å². The summed E-state index contributed by atoms with van der Waals surface area (Å²) in [6.07, 6.45) is 3.21. The Balaban J connectivity index is 2.08. The molecule has 2 heterocycles. The fraction of sp³-hybridized carbons (Fsp3) is 0.250. The molecule has 1 aliphatic heterocycles. The first-order valence-electron chi connectivity index (χ1n) is 7.55. The quantitative estimate of drug-likeness (QED) is 0.658. The second-order valence-corrected chi connectivity index (χ2v) is 5.86. The highest BCUT2D eigenvalue weighted by Crippen LogP contribution is 2.39. The fourth-order valence-corrected chi connectivity index (χ4v) is 3.27. The smallest absolute Gasteiger partial charge is 0.316 e. The van der Waals surface area contributed by atoms with Crippen LogP contribution in [-0.4, -0.2) is 44.1 Å². The number of benzene rings is 1. The molecule has 5 N–H and O–H groups in total. The van der Waals surface area contributed by atoms with Crippen LogP contribution < -0.4 is 17.0 Å². The maximum atomic E-state index is 12.2. The van der Waals surface area contributed by atoms with Gasteiger partial charge in [-0.15, -0.1) is 0 Å². The number of β-amino-alcohol motifs (C(OH)–C–C–N with tert-alkyl or cyclic N) is 1. The summed E-state index contributed by atoms with van der Waals surface area (Å²) in [5, 5.41) is 9.95. The second kappa shape index (κ2) is 6.02. The van der Waals surface area contributed by atoms with E-state index >= 15 is 0 Å². The van der Waals surface area contributed by atoms with E-state index < -0.39 is 23.6 Å². The molecule has 3 rings (SSSR count). The van der Waals surface area contributed by atoms with E-state index in [-0.39, 0.29) is 18.5 Å². The molecule has 9 heteroatoms. The third-order valence-electron chi connectivity index (χ3n) is 4.41. The number of hydrogen-bond acceptors (Lipinski definition) is 5. The van der Waals surface area contributed by atoms with Gasteiger partial charge >= 0.3 is 6.03 Å². The lowest BCUT2D eigenvalue weighted by Crippen LogP contribution is -2.55. The molecule has 0 radical (unpaired) electrons. The molecule has 1 saturated heterocycles. The molecular formula is C16H17N5O4. The van der Waals surface area contributed by atoms with Crippen LogP contribution in [0.5, 0.6) is 0 Å². The molecule has 0 spiro atoms. The fourth-order valence-electron chi connectivity index (χ4n) is 3.27. The van der Waals surface area contributed by atoms with Gasteiger partial charge in [0.2, 0.25) is 5.91 Å². The number of carbonyl (C=O) groups is 2. The number of amides is 3. The van der Waals surface area contributed by atoms with E-state index in [2.05, 4.69) is 4.98 Å². The standard InChI is InChI=1S/C16H17N5O4/c17-14(24)16(7-12(22)9-21(16)15(18)25)10-1-3-11(4-2-10)20-6-5-19-8-13(20)23/h1-6,8,12,22H,7,9H2,(H2,17,24)(H2,18,25)/t12-,16-/m1/s1. The molecular weight excluding hydrogens is 326 g/mol. The third-order valence-corrected chi connectivity index (χ3v) is 4.41. The van der Waals surface area contributed by atoms with E-state index in [1.54, 1.807) is 24.3 Å². The van der Waals surface area contributed by atoms with Crippen LogP contribution in [0.2, 0.25) is 0 Å². The number of primary amides is 2. The number of aliphatic hydroxyl groups excluding tert-OH is 1. The van der Waals surface area contributed by atoms with Crippen molar-refractivity contribution in [2.24, 2.45) is 11.5 Å². The largest absolute Gasteiger partial charge is 0.391 e. The molecule has 0 bridgehead atoms. The molecule has 1 fully saturated rings. The van der Waals surface area contributed by atoms with Crippen LogP contribution >= 0.6 is 0 Å². The Labute approximate surface area is 142 Å². The second-order valence-electron chi connectivity index (χ2n) is 5.86. The van der Waals surface area contributed by atoms with Crippen LogP contribution in [0, 0.1) is 0 Å². The summed E-state index contributed by atoms with van der Waals surface area (Å²) in [4.78, 5) is 40.6. The minimum absolute atomic E-state index is 0.0418. The Morgan fingerprint density at radius 2 is 1.92 bits per heavy atom. The number of carbonyl (C=O) groups excluding carboxylic acids is 2. The van der Waals surface area contributed by atoms with Gasteiger partial charge in [-0.1, -0.05) is 12.1 Å². The molecule has 130 valence electrons. The molecule has 1 aromatic heterocycles. The molecule has 1 aliphatic rings. The van der Waals surface area contributed by atoms with Gasteiger partial charge in [0.15, 0.2) is 5.54 Å². The average molecular weight is 343 g/mol. The Hall–Kier alpha value is -3.20. The van der Waals surface area contributed by atoms with Crippen molar-refractivity contribution in [1.82, 2.24) is 14.5 Å². The summed E-state index contributed by atoms with van der Waals surface area (Å²) in [5.74, 6) is -0.781. The van der Waals surface area contributed by atoms with Crippen molar-refractivity contribution in [3.05, 3.63) is 58.8 Å². The zero-order valence-electron chi connectivity index (χ0n) is 13.2. The SMILES string of the molecule is NC(=O)N1C[C@H](O)C[C@]1(C(N)=O)c1ccc(-n2ccncc2=O)cc1. The molecule has 3 amide bonds. The average Bonchev–Trinajstić information content (AvgIpc) is 2.94. The summed E-state index contributed by atoms with van der Waals surface area (Å²) < 4.78 is 1.38. The van der Waals surface area contributed by atoms with Crippen LogP contribution in [0.1, 0.15) is 12.0 Å². The molecule has 2 aromatic rings. The first kappa shape index (κ1) is 16.7. The van der Waals surface area contributed by atoms with Gasteiger partial charge in [0.25, 0.3) is 5.56 Å². The van der Waals surface area contributed by atoms with Crippen LogP contribution in [-0.2, 0) is 10.3 Å². The van der Waals surface area contributed by atoms with Gasteiger partial charge in [0, 0.05) is 31.0 Å². The van der Waals surface area contributed by atoms with E-state index in [0.717, 1.165) is 4.90 Å². The van der Waals surface area contributed by atoms with Gasteiger partial charge in [0.05, 0.1) is 12.3 Å². The van der Waals surface area contributed by atoms with E-state index in [9.17, 15) is 19.5 Å². The summed E-state index contributed by atoms with van der Waals surface area (Å²) in [6, 6.07) is 5.56. The highest BCUT2D eigenvalue weighted by Gasteiger charge is 2.52. The van der Waals surface area contributed by atoms with Gasteiger partial charge in [0.1, 0.15) is 0 Å². The lowest BCUT2D eigenvalue weighted by atomic mass is 9.86. The predicted octanol–water partition coefficient (Wildman–Crippen LogP) is -0.942. The highest BCUT2D eigenvalue weighted by atomic mass is 16.3. The molecule has 1 aromatic carbocycles. The monoisotopic (exact) mass is 343 g/mol. The highest BCUT2D eigenvalue weighted by molar-refractivity contribution is 5.91. The number of rotatable bonds is 3. The number of likely N-dealkylation sites (tertiary alicyclic amines) is 1. The van der Waals surface area contributed by atoms with Crippen molar-refractivity contribution < 1.29 is 14.7 Å². The number of urea groups is 1. The predicted molar refractivity (Wildman–Crippen MR) is 87.6 cm³/mol. The van der Waals surface area contributed by atoms with Crippen molar-refractivity contribution in [1.29, 1.82) is 0 Å². The Bertz CT molecular complexity index is 879. The normalized spacial score (nSPS) is 22.8. The van der Waals surface area contributed by atoms with Gasteiger partial charge in [-0.3, -0.25) is 19.1 Å². The minimum atomic E-state index is -1.52. The zero-order valence-corrected chi connectivity index (χ0v) is 13.2. The third kappa shape index (κ3) is 2.64. The number of nitrogens with zero attached hydrogens (tertiary/aromatic N) is 3. The van der Waals surface area contributed by atoms with Gasteiger partial charge in [-0.05, 0) is 17.7 Å². The van der Waals surface area contributed by atoms with Crippen LogP contribution in [0.15, 0.2) is 47.7 Å². The number of nitrogens with two attached hydrogens (primary N) is 2. The van der Waals surface area contributed by atoms with Crippen LogP contribution in [0.25, 0.3) is 5.69 Å². The Morgan fingerprint density at radius 1 is 1.24 bits per heavy atom. The van der Waals surface area contributed by atoms with Gasteiger partial charge in [-0.25, -0.2) is 4.79 Å². The molecule has 25 heavy (non-hydrogen) atoms. The molecule has 9 nitrogen and oxygen atoms in total. The first-order chi connectivity index (χ1) is 11.9. The summed E-state index contributed by atoms with van der Waals surface area (Å²) >= 11 is 0. The van der Waals surface area contributed by atoms with Crippen molar-refractivity contribution in [3.8, 4) is 5.69 Å². The van der Waals surface area contributed by atoms with Gasteiger partial charge < -0.3 is 21.5 Å². The summed E-state index contributed by atoms with van der Waals surface area (Å²) in [5.41, 5.74) is 10.1. The van der Waals surface area contributed by atoms with Gasteiger partial charge in [-0.2, -0.15) is 0 Å². The van der Waals surface area contributed by atoms with Crippen molar-refractivity contribution in [3.63, 3.8) is 0 Å². The van der Waals surface area contributed by atoms with Crippen LogP contribution in [0.3, 0.4) is 0 Å². The molecule has 0 unspecified atom stereocenters. The molecule has 2 atom stereocenters. The Morgan fingerprint density at radius 3 is 2.48 bits per heavy atom.